The first-order valence-electron chi connectivity index (χ1n) is 5.32. The number of carbonyl (C=O) groups is 1. The zero-order valence-electron chi connectivity index (χ0n) is 10.1. The van der Waals surface area contributed by atoms with Gasteiger partial charge in [-0.1, -0.05) is 23.2 Å². The minimum atomic E-state index is -0.650. The van der Waals surface area contributed by atoms with E-state index in [0.717, 1.165) is 12.1 Å². The van der Waals surface area contributed by atoms with Crippen LogP contribution in [-0.4, -0.2) is 20.6 Å². The summed E-state index contributed by atoms with van der Waals surface area (Å²) in [4.78, 5) is 22.2. The second kappa shape index (κ2) is 5.48. The Morgan fingerprint density at radius 1 is 1.45 bits per heavy atom. The fourth-order valence-corrected chi connectivity index (χ4v) is 1.94. The summed E-state index contributed by atoms with van der Waals surface area (Å²) in [6.45, 7) is 0. The van der Waals surface area contributed by atoms with Gasteiger partial charge in [0.2, 0.25) is 0 Å². The van der Waals surface area contributed by atoms with E-state index in [1.165, 1.54) is 10.9 Å². The molecule has 2 aromatic rings. The third-order valence-corrected chi connectivity index (χ3v) is 3.23. The van der Waals surface area contributed by atoms with Gasteiger partial charge in [-0.25, -0.2) is 0 Å². The molecule has 7 nitrogen and oxygen atoms in total. The molecule has 1 heterocycles. The summed E-state index contributed by atoms with van der Waals surface area (Å²) in [6, 6.07) is 2.16. The molecule has 1 aromatic heterocycles. The van der Waals surface area contributed by atoms with Gasteiger partial charge in [0.05, 0.1) is 32.4 Å². The molecule has 0 fully saturated rings. The number of nitro benzene ring substituents is 1. The minimum Gasteiger partial charge on any atom is -0.319 e. The Morgan fingerprint density at radius 2 is 2.15 bits per heavy atom. The molecule has 9 heteroatoms. The van der Waals surface area contributed by atoms with E-state index in [4.69, 9.17) is 23.2 Å². The molecule has 0 aliphatic rings. The normalized spacial score (nSPS) is 10.3. The lowest BCUT2D eigenvalue weighted by Crippen LogP contribution is -2.12. The number of anilines is 1. The molecule has 0 saturated heterocycles. The van der Waals surface area contributed by atoms with Crippen molar-refractivity contribution in [1.29, 1.82) is 0 Å². The number of aryl methyl sites for hydroxylation is 1. The molecule has 0 bridgehead atoms. The van der Waals surface area contributed by atoms with Crippen molar-refractivity contribution in [3.63, 3.8) is 0 Å². The summed E-state index contributed by atoms with van der Waals surface area (Å²) in [5.74, 6) is -0.603. The Kier molecular flexibility index (Phi) is 3.91. The summed E-state index contributed by atoms with van der Waals surface area (Å²) in [5, 5.41) is 17.1. The van der Waals surface area contributed by atoms with E-state index in [1.807, 2.05) is 0 Å². The highest BCUT2D eigenvalue weighted by Crippen LogP contribution is 2.31. The molecule has 0 aliphatic heterocycles. The fourth-order valence-electron chi connectivity index (χ4n) is 1.53. The lowest BCUT2D eigenvalue weighted by Gasteiger charge is -2.06. The molecule has 0 spiro atoms. The number of amides is 1. The number of nitrogens with zero attached hydrogens (tertiary/aromatic N) is 3. The van der Waals surface area contributed by atoms with Crippen molar-refractivity contribution in [2.75, 3.05) is 5.32 Å². The molecule has 2 rings (SSSR count). The quantitative estimate of drug-likeness (QED) is 0.696. The van der Waals surface area contributed by atoms with Crippen molar-refractivity contribution in [3.8, 4) is 0 Å². The number of hydrogen-bond donors (Lipinski definition) is 1. The average Bonchev–Trinajstić information content (AvgIpc) is 2.77. The molecule has 0 unspecified atom stereocenters. The molecule has 1 amide bonds. The molecule has 104 valence electrons. The topological polar surface area (TPSA) is 90.1 Å². The third kappa shape index (κ3) is 2.89. The molecular formula is C11H8Cl2N4O3. The van der Waals surface area contributed by atoms with E-state index < -0.39 is 10.8 Å². The van der Waals surface area contributed by atoms with Gasteiger partial charge in [0.1, 0.15) is 0 Å². The number of nitro groups is 1. The van der Waals surface area contributed by atoms with Crippen LogP contribution in [0.25, 0.3) is 0 Å². The number of halogens is 2. The number of rotatable bonds is 3. The Morgan fingerprint density at radius 3 is 2.70 bits per heavy atom. The summed E-state index contributed by atoms with van der Waals surface area (Å²) in [5.41, 5.74) is 0.0571. The van der Waals surface area contributed by atoms with Crippen LogP contribution in [0.15, 0.2) is 24.5 Å². The van der Waals surface area contributed by atoms with Gasteiger partial charge < -0.3 is 5.32 Å². The first-order valence-corrected chi connectivity index (χ1v) is 6.07. The maximum absolute atomic E-state index is 12.1. The second-order valence-corrected chi connectivity index (χ2v) is 4.69. The van der Waals surface area contributed by atoms with Gasteiger partial charge in [0, 0.05) is 25.4 Å². The number of non-ortho nitro benzene ring substituents is 1. The van der Waals surface area contributed by atoms with Gasteiger partial charge in [-0.15, -0.1) is 0 Å². The Balaban J connectivity index is 2.36. The largest absolute Gasteiger partial charge is 0.319 e. The van der Waals surface area contributed by atoms with Crippen LogP contribution in [0.2, 0.25) is 10.0 Å². The highest BCUT2D eigenvalue weighted by molar-refractivity contribution is 6.44. The standard InChI is InChI=1S/C11H8Cl2N4O3/c1-16-5-6(4-14-16)15-11(18)8-2-7(17(19)20)3-9(12)10(8)13/h2-5H,1H3,(H,15,18). The molecular weight excluding hydrogens is 307 g/mol. The monoisotopic (exact) mass is 314 g/mol. The van der Waals surface area contributed by atoms with Gasteiger partial charge in [-0.2, -0.15) is 5.10 Å². The van der Waals surface area contributed by atoms with E-state index in [1.54, 1.807) is 13.2 Å². The highest BCUT2D eigenvalue weighted by atomic mass is 35.5. The molecule has 0 radical (unpaired) electrons. The van der Waals surface area contributed by atoms with Crippen molar-refractivity contribution in [2.24, 2.45) is 7.05 Å². The zero-order chi connectivity index (χ0) is 14.9. The minimum absolute atomic E-state index is 0.0429. The van der Waals surface area contributed by atoms with E-state index in [9.17, 15) is 14.9 Å². The first kappa shape index (κ1) is 14.3. The molecule has 0 saturated carbocycles. The lowest BCUT2D eigenvalue weighted by atomic mass is 10.2. The number of carbonyl (C=O) groups excluding carboxylic acids is 1. The van der Waals surface area contributed by atoms with E-state index >= 15 is 0 Å². The Hall–Kier alpha value is -2.12. The summed E-state index contributed by atoms with van der Waals surface area (Å²) in [7, 11) is 1.69. The van der Waals surface area contributed by atoms with Crippen LogP contribution in [-0.2, 0) is 7.05 Å². The third-order valence-electron chi connectivity index (χ3n) is 2.43. The van der Waals surface area contributed by atoms with Crippen LogP contribution >= 0.6 is 23.2 Å². The predicted molar refractivity (Wildman–Crippen MR) is 74.3 cm³/mol. The maximum atomic E-state index is 12.1. The van der Waals surface area contributed by atoms with Gasteiger partial charge in [-0.05, 0) is 0 Å². The van der Waals surface area contributed by atoms with Crippen LogP contribution in [0.4, 0.5) is 11.4 Å². The summed E-state index contributed by atoms with van der Waals surface area (Å²) < 4.78 is 1.50. The van der Waals surface area contributed by atoms with Crippen molar-refractivity contribution in [2.45, 2.75) is 0 Å². The van der Waals surface area contributed by atoms with Crippen LogP contribution in [0.1, 0.15) is 10.4 Å². The summed E-state index contributed by atoms with van der Waals surface area (Å²) >= 11 is 11.7. The molecule has 0 aliphatic carbocycles. The second-order valence-electron chi connectivity index (χ2n) is 3.90. The van der Waals surface area contributed by atoms with Gasteiger partial charge in [0.15, 0.2) is 0 Å². The van der Waals surface area contributed by atoms with Crippen LogP contribution < -0.4 is 5.32 Å². The van der Waals surface area contributed by atoms with Gasteiger partial charge in [0.25, 0.3) is 11.6 Å². The average molecular weight is 315 g/mol. The summed E-state index contributed by atoms with van der Waals surface area (Å²) in [6.07, 6.45) is 3.01. The number of aromatic nitrogens is 2. The number of nitrogens with one attached hydrogen (secondary N) is 1. The van der Waals surface area contributed by atoms with Crippen molar-refractivity contribution >= 4 is 40.5 Å². The van der Waals surface area contributed by atoms with E-state index in [0.29, 0.717) is 5.69 Å². The SMILES string of the molecule is Cn1cc(NC(=O)c2cc([N+](=O)[O-])cc(Cl)c2Cl)cn1. The van der Waals surface area contributed by atoms with Crippen LogP contribution in [0.3, 0.4) is 0 Å². The van der Waals surface area contributed by atoms with Crippen molar-refractivity contribution in [1.82, 2.24) is 9.78 Å². The van der Waals surface area contributed by atoms with Gasteiger partial charge >= 0.3 is 0 Å². The Labute approximate surface area is 123 Å². The molecule has 1 N–H and O–H groups in total. The highest BCUT2D eigenvalue weighted by Gasteiger charge is 2.19. The molecule has 1 aromatic carbocycles. The lowest BCUT2D eigenvalue weighted by molar-refractivity contribution is -0.384. The van der Waals surface area contributed by atoms with Crippen molar-refractivity contribution < 1.29 is 9.72 Å². The first-order chi connectivity index (χ1) is 9.38. The van der Waals surface area contributed by atoms with Crippen LogP contribution in [0.5, 0.6) is 0 Å². The maximum Gasteiger partial charge on any atom is 0.271 e. The van der Waals surface area contributed by atoms with E-state index in [-0.39, 0.29) is 21.3 Å². The number of benzene rings is 1. The smallest absolute Gasteiger partial charge is 0.271 e. The van der Waals surface area contributed by atoms with E-state index in [2.05, 4.69) is 10.4 Å². The van der Waals surface area contributed by atoms with Gasteiger partial charge in [-0.3, -0.25) is 19.6 Å². The number of hydrogen-bond acceptors (Lipinski definition) is 4. The molecule has 20 heavy (non-hydrogen) atoms. The molecule has 0 atom stereocenters. The Bertz CT molecular complexity index is 699. The fraction of sp³-hybridized carbons (Fsp3) is 0.0909. The zero-order valence-corrected chi connectivity index (χ0v) is 11.6. The van der Waals surface area contributed by atoms with Crippen LogP contribution in [0, 0.1) is 10.1 Å². The van der Waals surface area contributed by atoms with Crippen molar-refractivity contribution in [3.05, 3.63) is 50.2 Å². The predicted octanol–water partition coefficient (Wildman–Crippen LogP) is 2.89.